The highest BCUT2D eigenvalue weighted by molar-refractivity contribution is 5.48. The first-order valence-electron chi connectivity index (χ1n) is 7.89. The first kappa shape index (κ1) is 14.6. The van der Waals surface area contributed by atoms with Gasteiger partial charge in [-0.1, -0.05) is 24.3 Å². The minimum absolute atomic E-state index is 0.717. The fourth-order valence-corrected chi connectivity index (χ4v) is 2.90. The normalized spacial score (nSPS) is 14.0. The first-order valence-corrected chi connectivity index (χ1v) is 7.89. The van der Waals surface area contributed by atoms with E-state index in [1.165, 1.54) is 37.2 Å². The van der Waals surface area contributed by atoms with E-state index < -0.39 is 0 Å². The summed E-state index contributed by atoms with van der Waals surface area (Å²) in [5.41, 5.74) is 4.49. The summed E-state index contributed by atoms with van der Waals surface area (Å²) in [6.07, 6.45) is 2.62. The molecule has 0 atom stereocenters. The van der Waals surface area contributed by atoms with Crippen LogP contribution in [0.1, 0.15) is 29.5 Å². The molecule has 0 spiro atoms. The zero-order valence-corrected chi connectivity index (χ0v) is 12.8. The monoisotopic (exact) mass is 291 g/mol. The van der Waals surface area contributed by atoms with Crippen molar-refractivity contribution in [3.05, 3.63) is 65.2 Å². The minimum atomic E-state index is 0.717. The zero-order valence-electron chi connectivity index (χ0n) is 12.8. The van der Waals surface area contributed by atoms with E-state index in [0.717, 1.165) is 18.7 Å². The fourth-order valence-electron chi connectivity index (χ4n) is 2.90. The number of benzene rings is 2. The van der Waals surface area contributed by atoms with Crippen LogP contribution in [0, 0.1) is 11.3 Å². The summed E-state index contributed by atoms with van der Waals surface area (Å²) < 4.78 is 0. The SMILES string of the molecule is N#Cc1cccc(CNCc2ccc(N3CCCC3)cc2)c1. The maximum absolute atomic E-state index is 8.91. The summed E-state index contributed by atoms with van der Waals surface area (Å²) in [4.78, 5) is 2.45. The zero-order chi connectivity index (χ0) is 15.2. The van der Waals surface area contributed by atoms with Crippen molar-refractivity contribution in [2.45, 2.75) is 25.9 Å². The maximum atomic E-state index is 8.91. The van der Waals surface area contributed by atoms with Crippen molar-refractivity contribution in [3.8, 4) is 6.07 Å². The molecule has 1 fully saturated rings. The van der Waals surface area contributed by atoms with Gasteiger partial charge in [0.25, 0.3) is 0 Å². The molecule has 1 aliphatic rings. The number of nitrogens with one attached hydrogen (secondary N) is 1. The third-order valence-corrected chi connectivity index (χ3v) is 4.12. The Bertz CT molecular complexity index is 649. The predicted molar refractivity (Wildman–Crippen MR) is 89.6 cm³/mol. The Balaban J connectivity index is 1.52. The molecular weight excluding hydrogens is 270 g/mol. The van der Waals surface area contributed by atoms with Crippen molar-refractivity contribution >= 4 is 5.69 Å². The van der Waals surface area contributed by atoms with E-state index in [1.54, 1.807) is 0 Å². The van der Waals surface area contributed by atoms with Gasteiger partial charge in [-0.15, -0.1) is 0 Å². The van der Waals surface area contributed by atoms with Gasteiger partial charge in [0.2, 0.25) is 0 Å². The van der Waals surface area contributed by atoms with Crippen LogP contribution in [-0.2, 0) is 13.1 Å². The molecule has 1 N–H and O–H groups in total. The van der Waals surface area contributed by atoms with E-state index in [-0.39, 0.29) is 0 Å². The third kappa shape index (κ3) is 3.66. The van der Waals surface area contributed by atoms with Gasteiger partial charge in [-0.2, -0.15) is 5.26 Å². The van der Waals surface area contributed by atoms with Gasteiger partial charge in [0.05, 0.1) is 11.6 Å². The molecular formula is C19H21N3. The Morgan fingerprint density at radius 2 is 1.68 bits per heavy atom. The van der Waals surface area contributed by atoms with Crippen molar-refractivity contribution in [3.63, 3.8) is 0 Å². The Kier molecular flexibility index (Phi) is 4.72. The van der Waals surface area contributed by atoms with Crippen LogP contribution in [0.5, 0.6) is 0 Å². The molecule has 0 aliphatic carbocycles. The highest BCUT2D eigenvalue weighted by Crippen LogP contribution is 2.20. The Hall–Kier alpha value is -2.31. The van der Waals surface area contributed by atoms with Crippen LogP contribution in [0.15, 0.2) is 48.5 Å². The van der Waals surface area contributed by atoms with Gasteiger partial charge in [-0.3, -0.25) is 0 Å². The predicted octanol–water partition coefficient (Wildman–Crippen LogP) is 3.45. The largest absolute Gasteiger partial charge is 0.372 e. The lowest BCUT2D eigenvalue weighted by Gasteiger charge is -2.17. The Morgan fingerprint density at radius 1 is 0.955 bits per heavy atom. The van der Waals surface area contributed by atoms with Crippen LogP contribution in [0.25, 0.3) is 0 Å². The van der Waals surface area contributed by atoms with Gasteiger partial charge < -0.3 is 10.2 Å². The quantitative estimate of drug-likeness (QED) is 0.917. The highest BCUT2D eigenvalue weighted by atomic mass is 15.1. The second-order valence-electron chi connectivity index (χ2n) is 5.78. The van der Waals surface area contributed by atoms with Gasteiger partial charge in [-0.25, -0.2) is 0 Å². The summed E-state index contributed by atoms with van der Waals surface area (Å²) in [6, 6.07) is 18.8. The molecule has 2 aromatic carbocycles. The number of rotatable bonds is 5. The molecule has 112 valence electrons. The summed E-state index contributed by atoms with van der Waals surface area (Å²) >= 11 is 0. The Labute approximate surface area is 132 Å². The van der Waals surface area contributed by atoms with Crippen molar-refractivity contribution in [2.24, 2.45) is 0 Å². The number of anilines is 1. The summed E-state index contributed by atoms with van der Waals surface area (Å²) in [7, 11) is 0. The molecule has 0 aromatic heterocycles. The molecule has 3 nitrogen and oxygen atoms in total. The van der Waals surface area contributed by atoms with Crippen LogP contribution in [-0.4, -0.2) is 13.1 Å². The third-order valence-electron chi connectivity index (χ3n) is 4.12. The molecule has 1 aliphatic heterocycles. The second-order valence-corrected chi connectivity index (χ2v) is 5.78. The average Bonchev–Trinajstić information content (AvgIpc) is 3.10. The summed E-state index contributed by atoms with van der Waals surface area (Å²) in [5.74, 6) is 0. The van der Waals surface area contributed by atoms with Crippen molar-refractivity contribution in [1.29, 1.82) is 5.26 Å². The highest BCUT2D eigenvalue weighted by Gasteiger charge is 2.11. The van der Waals surface area contributed by atoms with E-state index in [1.807, 2.05) is 24.3 Å². The van der Waals surface area contributed by atoms with Crippen LogP contribution in [0.3, 0.4) is 0 Å². The molecule has 3 rings (SSSR count). The second kappa shape index (κ2) is 7.11. The van der Waals surface area contributed by atoms with Crippen molar-refractivity contribution < 1.29 is 0 Å². The van der Waals surface area contributed by atoms with E-state index in [2.05, 4.69) is 40.6 Å². The topological polar surface area (TPSA) is 39.1 Å². The first-order chi connectivity index (χ1) is 10.8. The Morgan fingerprint density at radius 3 is 2.41 bits per heavy atom. The molecule has 22 heavy (non-hydrogen) atoms. The number of nitrogens with zero attached hydrogens (tertiary/aromatic N) is 2. The molecule has 3 heteroatoms. The minimum Gasteiger partial charge on any atom is -0.372 e. The van der Waals surface area contributed by atoms with Crippen molar-refractivity contribution in [2.75, 3.05) is 18.0 Å². The van der Waals surface area contributed by atoms with Gasteiger partial charge in [0, 0.05) is 31.9 Å². The molecule has 1 heterocycles. The van der Waals surface area contributed by atoms with E-state index in [4.69, 9.17) is 5.26 Å². The number of hydrogen-bond donors (Lipinski definition) is 1. The van der Waals surface area contributed by atoms with Gasteiger partial charge in [0.15, 0.2) is 0 Å². The average molecular weight is 291 g/mol. The van der Waals surface area contributed by atoms with Crippen molar-refractivity contribution in [1.82, 2.24) is 5.32 Å². The van der Waals surface area contributed by atoms with Gasteiger partial charge >= 0.3 is 0 Å². The maximum Gasteiger partial charge on any atom is 0.0991 e. The molecule has 0 unspecified atom stereocenters. The lowest BCUT2D eigenvalue weighted by molar-refractivity contribution is 0.693. The van der Waals surface area contributed by atoms with E-state index in [0.29, 0.717) is 5.56 Å². The van der Waals surface area contributed by atoms with Crippen LogP contribution < -0.4 is 10.2 Å². The van der Waals surface area contributed by atoms with E-state index in [9.17, 15) is 0 Å². The van der Waals surface area contributed by atoms with Crippen LogP contribution in [0.2, 0.25) is 0 Å². The number of nitriles is 1. The summed E-state index contributed by atoms with van der Waals surface area (Å²) in [5, 5.41) is 12.3. The van der Waals surface area contributed by atoms with Gasteiger partial charge in [0.1, 0.15) is 0 Å². The standard InChI is InChI=1S/C19H21N3/c20-13-17-4-3-5-18(12-17)15-21-14-16-6-8-19(9-7-16)22-10-1-2-11-22/h3-9,12,21H,1-2,10-11,14-15H2. The van der Waals surface area contributed by atoms with Crippen LogP contribution in [0.4, 0.5) is 5.69 Å². The van der Waals surface area contributed by atoms with Gasteiger partial charge in [-0.05, 0) is 48.2 Å². The fraction of sp³-hybridized carbons (Fsp3) is 0.316. The molecule has 2 aromatic rings. The molecule has 0 saturated carbocycles. The smallest absolute Gasteiger partial charge is 0.0991 e. The summed E-state index contributed by atoms with van der Waals surface area (Å²) in [6.45, 7) is 4.00. The lowest BCUT2D eigenvalue weighted by Crippen LogP contribution is -2.17. The molecule has 0 amide bonds. The van der Waals surface area contributed by atoms with Crippen LogP contribution >= 0.6 is 0 Å². The van der Waals surface area contributed by atoms with E-state index >= 15 is 0 Å². The molecule has 0 radical (unpaired) electrons. The molecule has 1 saturated heterocycles. The lowest BCUT2D eigenvalue weighted by atomic mass is 10.1. The molecule has 0 bridgehead atoms. The number of hydrogen-bond acceptors (Lipinski definition) is 3.